The number of hydrogen-bond donors (Lipinski definition) is 1. The maximum absolute atomic E-state index is 8.61. The van der Waals surface area contributed by atoms with E-state index >= 15 is 0 Å². The van der Waals surface area contributed by atoms with Crippen LogP contribution in [0.5, 0.6) is 0 Å². The molecule has 1 aromatic carbocycles. The number of ether oxygens (including phenoxy) is 3. The largest absolute Gasteiger partial charge is 0.394 e. The minimum atomic E-state index is 0.0459. The van der Waals surface area contributed by atoms with Gasteiger partial charge in [0, 0.05) is 19.5 Å². The summed E-state index contributed by atoms with van der Waals surface area (Å²) in [5, 5.41) is 8.61. The van der Waals surface area contributed by atoms with Crippen LogP contribution in [-0.4, -0.2) is 44.7 Å². The lowest BCUT2D eigenvalue weighted by Gasteiger charge is -2.05. The Morgan fingerprint density at radius 2 is 1.28 bits per heavy atom. The standard InChI is InChI=1S/C23H28O4S2/c1-17-13-18(2)15-19(14-17)21-5-6-23(29-21)22-4-3-20(28-22)16-27-12-11-26-10-9-25-8-7-24/h3-6,13-15,24H,7-12,16H2,1-2H3. The summed E-state index contributed by atoms with van der Waals surface area (Å²) in [6.45, 7) is 7.42. The first-order valence-electron chi connectivity index (χ1n) is 9.77. The molecule has 156 valence electrons. The van der Waals surface area contributed by atoms with Crippen LogP contribution in [0.3, 0.4) is 0 Å². The van der Waals surface area contributed by atoms with Gasteiger partial charge in [0.05, 0.1) is 46.2 Å². The monoisotopic (exact) mass is 432 g/mol. The summed E-state index contributed by atoms with van der Waals surface area (Å²) in [5.74, 6) is 0. The van der Waals surface area contributed by atoms with E-state index < -0.39 is 0 Å². The third-order valence-corrected chi connectivity index (χ3v) is 6.63. The Labute approximate surface area is 180 Å². The molecule has 0 spiro atoms. The van der Waals surface area contributed by atoms with E-state index in [1.54, 1.807) is 11.3 Å². The van der Waals surface area contributed by atoms with Crippen LogP contribution >= 0.6 is 22.7 Å². The zero-order valence-electron chi connectivity index (χ0n) is 17.0. The van der Waals surface area contributed by atoms with Gasteiger partial charge in [0.2, 0.25) is 0 Å². The first-order chi connectivity index (χ1) is 14.2. The van der Waals surface area contributed by atoms with Gasteiger partial charge in [-0.2, -0.15) is 0 Å². The van der Waals surface area contributed by atoms with Crippen LogP contribution in [0.15, 0.2) is 42.5 Å². The lowest BCUT2D eigenvalue weighted by molar-refractivity contribution is 0.00489. The third-order valence-electron chi connectivity index (χ3n) is 4.24. The van der Waals surface area contributed by atoms with E-state index in [0.717, 1.165) is 0 Å². The second kappa shape index (κ2) is 11.6. The molecule has 0 atom stereocenters. The Balaban J connectivity index is 1.45. The molecule has 0 aliphatic heterocycles. The zero-order chi connectivity index (χ0) is 20.5. The molecule has 2 heterocycles. The van der Waals surface area contributed by atoms with E-state index in [-0.39, 0.29) is 6.61 Å². The number of aliphatic hydroxyl groups is 1. The highest BCUT2D eigenvalue weighted by atomic mass is 32.1. The van der Waals surface area contributed by atoms with Gasteiger partial charge >= 0.3 is 0 Å². The number of hydrogen-bond acceptors (Lipinski definition) is 6. The molecule has 1 N–H and O–H groups in total. The van der Waals surface area contributed by atoms with E-state index in [2.05, 4.69) is 56.3 Å². The van der Waals surface area contributed by atoms with E-state index in [4.69, 9.17) is 19.3 Å². The molecule has 0 bridgehead atoms. The Morgan fingerprint density at radius 3 is 2.00 bits per heavy atom. The fourth-order valence-electron chi connectivity index (χ4n) is 3.01. The SMILES string of the molecule is Cc1cc(C)cc(-c2ccc(-c3ccc(COCCOCCOCCO)s3)s2)c1. The van der Waals surface area contributed by atoms with Gasteiger partial charge in [0.25, 0.3) is 0 Å². The maximum Gasteiger partial charge on any atom is 0.0810 e. The van der Waals surface area contributed by atoms with Gasteiger partial charge in [-0.15, -0.1) is 22.7 Å². The fraction of sp³-hybridized carbons (Fsp3) is 0.391. The molecule has 0 aliphatic carbocycles. The van der Waals surface area contributed by atoms with Gasteiger partial charge in [0.15, 0.2) is 0 Å². The van der Waals surface area contributed by atoms with Crippen molar-refractivity contribution >= 4 is 22.7 Å². The number of thiophene rings is 2. The van der Waals surface area contributed by atoms with Crippen LogP contribution in [0.4, 0.5) is 0 Å². The van der Waals surface area contributed by atoms with E-state index in [9.17, 15) is 0 Å². The van der Waals surface area contributed by atoms with Crippen molar-refractivity contribution in [3.63, 3.8) is 0 Å². The highest BCUT2D eigenvalue weighted by molar-refractivity contribution is 7.23. The van der Waals surface area contributed by atoms with Crippen molar-refractivity contribution in [2.75, 3.05) is 39.6 Å². The Hall–Kier alpha value is -1.54. The van der Waals surface area contributed by atoms with Crippen LogP contribution in [0.2, 0.25) is 0 Å². The molecule has 0 aliphatic rings. The van der Waals surface area contributed by atoms with Crippen molar-refractivity contribution in [1.29, 1.82) is 0 Å². The molecule has 4 nitrogen and oxygen atoms in total. The second-order valence-electron chi connectivity index (χ2n) is 6.81. The minimum absolute atomic E-state index is 0.0459. The quantitative estimate of drug-likeness (QED) is 0.395. The Kier molecular flexibility index (Phi) is 8.86. The first-order valence-corrected chi connectivity index (χ1v) is 11.4. The van der Waals surface area contributed by atoms with Gasteiger partial charge in [-0.1, -0.05) is 29.3 Å². The van der Waals surface area contributed by atoms with Crippen molar-refractivity contribution in [1.82, 2.24) is 0 Å². The highest BCUT2D eigenvalue weighted by Crippen LogP contribution is 2.38. The summed E-state index contributed by atoms with van der Waals surface area (Å²) >= 11 is 3.61. The van der Waals surface area contributed by atoms with Crippen molar-refractivity contribution in [2.45, 2.75) is 20.5 Å². The minimum Gasteiger partial charge on any atom is -0.394 e. The molecule has 3 aromatic rings. The lowest BCUT2D eigenvalue weighted by atomic mass is 10.1. The smallest absolute Gasteiger partial charge is 0.0810 e. The summed E-state index contributed by atoms with van der Waals surface area (Å²) in [5.41, 5.74) is 3.89. The van der Waals surface area contributed by atoms with Crippen molar-refractivity contribution in [2.24, 2.45) is 0 Å². The molecule has 0 unspecified atom stereocenters. The Bertz CT molecular complexity index is 864. The molecule has 2 aromatic heterocycles. The molecule has 0 saturated carbocycles. The number of rotatable bonds is 12. The summed E-state index contributed by atoms with van der Waals surface area (Å²) in [6.07, 6.45) is 0. The van der Waals surface area contributed by atoms with E-state index in [1.807, 2.05) is 11.3 Å². The average Bonchev–Trinajstić information content (AvgIpc) is 3.35. The molecule has 6 heteroatoms. The molecular weight excluding hydrogens is 404 g/mol. The maximum atomic E-state index is 8.61. The van der Waals surface area contributed by atoms with Gasteiger partial charge < -0.3 is 19.3 Å². The van der Waals surface area contributed by atoms with Crippen LogP contribution in [0.1, 0.15) is 16.0 Å². The average molecular weight is 433 g/mol. The van der Waals surface area contributed by atoms with Gasteiger partial charge in [-0.05, 0) is 43.7 Å². The number of aryl methyl sites for hydroxylation is 2. The van der Waals surface area contributed by atoms with Crippen LogP contribution in [-0.2, 0) is 20.8 Å². The van der Waals surface area contributed by atoms with Crippen LogP contribution in [0, 0.1) is 13.8 Å². The third kappa shape index (κ3) is 7.03. The lowest BCUT2D eigenvalue weighted by Crippen LogP contribution is -2.10. The summed E-state index contributed by atoms with van der Waals surface area (Å²) in [4.78, 5) is 5.09. The molecule has 0 amide bonds. The number of benzene rings is 1. The van der Waals surface area contributed by atoms with Crippen molar-refractivity contribution in [3.05, 3.63) is 58.5 Å². The van der Waals surface area contributed by atoms with Crippen LogP contribution < -0.4 is 0 Å². The molecule has 3 rings (SSSR count). The topological polar surface area (TPSA) is 47.9 Å². The second-order valence-corrected chi connectivity index (χ2v) is 9.06. The summed E-state index contributed by atoms with van der Waals surface area (Å²) in [6, 6.07) is 15.4. The van der Waals surface area contributed by atoms with Crippen LogP contribution in [0.25, 0.3) is 20.2 Å². The van der Waals surface area contributed by atoms with E-state index in [0.29, 0.717) is 39.6 Å². The molecule has 0 radical (unpaired) electrons. The van der Waals surface area contributed by atoms with E-state index in [1.165, 1.54) is 36.2 Å². The number of aliphatic hydroxyl groups excluding tert-OH is 1. The predicted octanol–water partition coefficient (Wildman–Crippen LogP) is 5.30. The zero-order valence-corrected chi connectivity index (χ0v) is 18.6. The summed E-state index contributed by atoms with van der Waals surface area (Å²) in [7, 11) is 0. The van der Waals surface area contributed by atoms with Crippen molar-refractivity contribution < 1.29 is 19.3 Å². The molecule has 0 saturated heterocycles. The van der Waals surface area contributed by atoms with Gasteiger partial charge in [-0.25, -0.2) is 0 Å². The molecule has 0 fully saturated rings. The first kappa shape index (κ1) is 22.2. The molecular formula is C23H28O4S2. The van der Waals surface area contributed by atoms with Gasteiger partial charge in [-0.3, -0.25) is 0 Å². The highest BCUT2D eigenvalue weighted by Gasteiger charge is 2.09. The van der Waals surface area contributed by atoms with Gasteiger partial charge in [0.1, 0.15) is 0 Å². The predicted molar refractivity (Wildman–Crippen MR) is 121 cm³/mol. The summed E-state index contributed by atoms with van der Waals surface area (Å²) < 4.78 is 16.3. The Morgan fingerprint density at radius 1 is 0.690 bits per heavy atom. The molecule has 29 heavy (non-hydrogen) atoms. The van der Waals surface area contributed by atoms with Crippen molar-refractivity contribution in [3.8, 4) is 20.2 Å². The normalized spacial score (nSPS) is 11.3. The fourth-order valence-corrected chi connectivity index (χ4v) is 5.04.